The molecule has 0 amide bonds. The van der Waals surface area contributed by atoms with Crippen LogP contribution in [0.4, 0.5) is 22.7 Å². The molecule has 210 valence electrons. The Hall–Kier alpha value is -3.52. The lowest BCUT2D eigenvalue weighted by Crippen LogP contribution is -2.17. The fourth-order valence-electron chi connectivity index (χ4n) is 4.99. The lowest BCUT2D eigenvalue weighted by molar-refractivity contribution is -0.122. The summed E-state index contributed by atoms with van der Waals surface area (Å²) in [5.41, 5.74) is 6.74. The maximum atomic E-state index is 11.7. The summed E-state index contributed by atoms with van der Waals surface area (Å²) in [6.45, 7) is 3.34. The van der Waals surface area contributed by atoms with Gasteiger partial charge in [-0.25, -0.2) is 0 Å². The summed E-state index contributed by atoms with van der Waals surface area (Å²) in [7, 11) is 4.13. The van der Waals surface area contributed by atoms with Gasteiger partial charge in [0.15, 0.2) is 5.78 Å². The summed E-state index contributed by atoms with van der Waals surface area (Å²) in [4.78, 5) is 32.6. The third kappa shape index (κ3) is 6.08. The highest BCUT2D eigenvalue weighted by atomic mass is 32.2. The number of rotatable bonds is 6. The van der Waals surface area contributed by atoms with E-state index in [1.807, 2.05) is 39.1 Å². The van der Waals surface area contributed by atoms with Crippen molar-refractivity contribution in [2.24, 2.45) is 0 Å². The van der Waals surface area contributed by atoms with Gasteiger partial charge < -0.3 is 14.9 Å². The number of nitrogens with zero attached hydrogens (tertiary/aromatic N) is 2. The first-order valence-electron chi connectivity index (χ1n) is 13.7. The van der Waals surface area contributed by atoms with Crippen LogP contribution in [0.15, 0.2) is 105 Å². The Morgan fingerprint density at radius 1 is 0.732 bits per heavy atom. The number of ketones is 2. The zero-order chi connectivity index (χ0) is 29.1. The maximum Gasteiger partial charge on any atom is 0.165 e. The average molecular weight is 583 g/mol. The van der Waals surface area contributed by atoms with Gasteiger partial charge in [-0.2, -0.15) is 0 Å². The fraction of sp³-hybridized carbons (Fsp3) is 0.235. The first-order chi connectivity index (χ1) is 19.8. The molecule has 5 nitrogen and oxygen atoms in total. The van der Waals surface area contributed by atoms with E-state index in [4.69, 9.17) is 5.11 Å². The number of carbonyl (C=O) groups excluding carboxylic acids is 2. The van der Waals surface area contributed by atoms with Gasteiger partial charge in [0.05, 0.1) is 22.7 Å². The molecule has 0 aliphatic carbocycles. The molecule has 1 atom stereocenters. The molecule has 1 N–H and O–H groups in total. The number of benzene rings is 4. The molecule has 1 unspecified atom stereocenters. The highest BCUT2D eigenvalue weighted by Gasteiger charge is 2.23. The summed E-state index contributed by atoms with van der Waals surface area (Å²) < 4.78 is 0. The molecule has 0 spiro atoms. The number of carbonyl (C=O) groups is 2. The van der Waals surface area contributed by atoms with E-state index in [2.05, 4.69) is 83.6 Å². The van der Waals surface area contributed by atoms with Crippen LogP contribution >= 0.6 is 23.5 Å². The van der Waals surface area contributed by atoms with Crippen LogP contribution in [0.1, 0.15) is 37.3 Å². The molecule has 0 bridgehead atoms. The Labute approximate surface area is 250 Å². The second-order valence-electron chi connectivity index (χ2n) is 10.2. The number of aliphatic hydroxyl groups excluding tert-OH is 1. The molecule has 6 rings (SSSR count). The normalized spacial score (nSPS) is 13.6. The second-order valence-corrected chi connectivity index (χ2v) is 12.4. The highest BCUT2D eigenvalue weighted by Crippen LogP contribution is 2.48. The van der Waals surface area contributed by atoms with Crippen molar-refractivity contribution in [2.75, 3.05) is 30.5 Å². The molecule has 0 saturated heterocycles. The Balaban J connectivity index is 0.000000165. The molecule has 7 heteroatoms. The smallest absolute Gasteiger partial charge is 0.165 e. The van der Waals surface area contributed by atoms with Gasteiger partial charge in [-0.05, 0) is 59.7 Å². The summed E-state index contributed by atoms with van der Waals surface area (Å²) in [5, 5.41) is 9.02. The van der Waals surface area contributed by atoms with Crippen LogP contribution in [0.25, 0.3) is 0 Å². The van der Waals surface area contributed by atoms with E-state index in [1.165, 1.54) is 36.6 Å². The van der Waals surface area contributed by atoms with E-state index in [0.717, 1.165) is 16.8 Å². The number of hydrogen-bond acceptors (Lipinski definition) is 7. The van der Waals surface area contributed by atoms with Crippen LogP contribution in [0.5, 0.6) is 0 Å². The molecule has 41 heavy (non-hydrogen) atoms. The van der Waals surface area contributed by atoms with Crippen LogP contribution in [0.2, 0.25) is 0 Å². The van der Waals surface area contributed by atoms with E-state index in [0.29, 0.717) is 12.8 Å². The number of hydrogen-bond donors (Lipinski definition) is 1. The molecule has 0 fully saturated rings. The van der Waals surface area contributed by atoms with E-state index in [1.54, 1.807) is 23.5 Å². The summed E-state index contributed by atoms with van der Waals surface area (Å²) in [5.74, 6) is -0.145. The highest BCUT2D eigenvalue weighted by molar-refractivity contribution is 8.00. The van der Waals surface area contributed by atoms with Crippen molar-refractivity contribution >= 4 is 57.8 Å². The second kappa shape index (κ2) is 12.6. The Morgan fingerprint density at radius 3 is 1.80 bits per heavy atom. The minimum Gasteiger partial charge on any atom is -0.389 e. The van der Waals surface area contributed by atoms with E-state index >= 15 is 0 Å². The number of fused-ring (bicyclic) bond motifs is 4. The van der Waals surface area contributed by atoms with Gasteiger partial charge in [0.25, 0.3) is 0 Å². The summed E-state index contributed by atoms with van der Waals surface area (Å²) in [6.07, 6.45) is 1.13. The average Bonchev–Trinajstić information content (AvgIpc) is 3.01. The predicted octanol–water partition coefficient (Wildman–Crippen LogP) is 8.02. The summed E-state index contributed by atoms with van der Waals surface area (Å²) in [6, 6.07) is 29.1. The number of para-hydroxylation sites is 2. The largest absolute Gasteiger partial charge is 0.389 e. The lowest BCUT2D eigenvalue weighted by Gasteiger charge is -2.30. The number of aliphatic hydroxyl groups is 1. The van der Waals surface area contributed by atoms with Gasteiger partial charge in [-0.3, -0.25) is 9.59 Å². The molecule has 4 aromatic rings. The molecular weight excluding hydrogens is 549 g/mol. The quantitative estimate of drug-likeness (QED) is 0.247. The molecule has 4 aromatic carbocycles. The van der Waals surface area contributed by atoms with Crippen molar-refractivity contribution in [1.82, 2.24) is 0 Å². The zero-order valence-corrected chi connectivity index (χ0v) is 25.4. The number of anilines is 4. The van der Waals surface area contributed by atoms with Crippen molar-refractivity contribution < 1.29 is 14.7 Å². The van der Waals surface area contributed by atoms with E-state index in [9.17, 15) is 9.59 Å². The molecule has 2 aliphatic heterocycles. The van der Waals surface area contributed by atoms with Gasteiger partial charge >= 0.3 is 0 Å². The van der Waals surface area contributed by atoms with Crippen LogP contribution < -0.4 is 9.80 Å². The monoisotopic (exact) mass is 582 g/mol. The van der Waals surface area contributed by atoms with Crippen molar-refractivity contribution in [3.05, 3.63) is 96.1 Å². The Kier molecular flexibility index (Phi) is 8.88. The molecule has 0 saturated carbocycles. The first kappa shape index (κ1) is 29.0. The van der Waals surface area contributed by atoms with Gasteiger partial charge in [0.1, 0.15) is 12.4 Å². The van der Waals surface area contributed by atoms with Crippen molar-refractivity contribution in [3.63, 3.8) is 0 Å². The molecule has 0 aromatic heterocycles. The minimum atomic E-state index is -0.411. The zero-order valence-electron chi connectivity index (χ0n) is 23.8. The van der Waals surface area contributed by atoms with Crippen LogP contribution in [-0.4, -0.2) is 37.4 Å². The SMILES string of the molecule is CC(C(=O)CO)c1ccc2c(c1)N(C)c1ccccc1S2.CCC(=O)Cc1ccc2c(c1)N(C)c1ccccc1S2. The van der Waals surface area contributed by atoms with E-state index in [-0.39, 0.29) is 17.5 Å². The predicted molar refractivity (Wildman–Crippen MR) is 170 cm³/mol. The number of Topliss-reactive ketones (excluding diaryl/α,β-unsaturated/α-hetero) is 2. The first-order valence-corrected chi connectivity index (χ1v) is 15.4. The van der Waals surface area contributed by atoms with Crippen LogP contribution in [-0.2, 0) is 16.0 Å². The van der Waals surface area contributed by atoms with Gasteiger partial charge in [-0.15, -0.1) is 0 Å². The van der Waals surface area contributed by atoms with Gasteiger partial charge in [0, 0.05) is 52.4 Å². The van der Waals surface area contributed by atoms with Crippen molar-refractivity contribution in [1.29, 1.82) is 0 Å². The molecule has 0 radical (unpaired) electrons. The van der Waals surface area contributed by atoms with Crippen molar-refractivity contribution in [3.8, 4) is 0 Å². The molecule has 2 heterocycles. The van der Waals surface area contributed by atoms with Crippen LogP contribution in [0, 0.1) is 0 Å². The topological polar surface area (TPSA) is 60.9 Å². The van der Waals surface area contributed by atoms with Crippen LogP contribution in [0.3, 0.4) is 0 Å². The lowest BCUT2D eigenvalue weighted by atomic mass is 9.96. The molecule has 2 aliphatic rings. The summed E-state index contributed by atoms with van der Waals surface area (Å²) >= 11 is 3.54. The third-order valence-corrected chi connectivity index (χ3v) is 9.82. The van der Waals surface area contributed by atoms with Gasteiger partial charge in [-0.1, -0.05) is 73.8 Å². The fourth-order valence-corrected chi connectivity index (χ4v) is 7.25. The minimum absolute atomic E-state index is 0.151. The third-order valence-electron chi connectivity index (χ3n) is 7.56. The standard InChI is InChI=1S/C17H17NO2S.C17H17NOS/c1-11(15(20)10-19)12-7-8-17-14(9-12)18(2)13-5-3-4-6-16(13)21-17;1-3-13(19)10-12-8-9-17-15(11-12)18(2)14-6-4-5-7-16(14)20-17/h3-9,11,19H,10H2,1-2H3;4-9,11H,3,10H2,1-2H3. The Bertz CT molecular complexity index is 1600. The van der Waals surface area contributed by atoms with Gasteiger partial charge in [0.2, 0.25) is 0 Å². The molecular formula is C34H34N2O3S2. The maximum absolute atomic E-state index is 11.7. The van der Waals surface area contributed by atoms with E-state index < -0.39 is 6.61 Å². The Morgan fingerprint density at radius 2 is 1.24 bits per heavy atom. The van der Waals surface area contributed by atoms with Crippen molar-refractivity contribution in [2.45, 2.75) is 52.2 Å².